The molecule has 21 heavy (non-hydrogen) atoms. The number of nitrogens with zero attached hydrogens (tertiary/aromatic N) is 1. The van der Waals surface area contributed by atoms with E-state index in [-0.39, 0.29) is 6.10 Å². The summed E-state index contributed by atoms with van der Waals surface area (Å²) in [6.45, 7) is 4.48. The Balaban J connectivity index is 1.35. The molecule has 1 aromatic rings. The molecule has 3 nitrogen and oxygen atoms in total. The maximum Gasteiger partial charge on any atom is 0.0910 e. The van der Waals surface area contributed by atoms with E-state index in [0.29, 0.717) is 12.0 Å². The predicted molar refractivity (Wildman–Crippen MR) is 86.7 cm³/mol. The predicted octanol–water partition coefficient (Wildman–Crippen LogP) is 3.45. The molecular formula is C17H27NO2S. The van der Waals surface area contributed by atoms with Gasteiger partial charge in [0.2, 0.25) is 0 Å². The van der Waals surface area contributed by atoms with E-state index in [0.717, 1.165) is 43.7 Å². The lowest BCUT2D eigenvalue weighted by atomic mass is 9.83. The van der Waals surface area contributed by atoms with Crippen LogP contribution < -0.4 is 0 Å². The summed E-state index contributed by atoms with van der Waals surface area (Å²) in [5.41, 5.74) is 0. The Labute approximate surface area is 131 Å². The molecule has 4 heteroatoms. The fourth-order valence-corrected chi connectivity index (χ4v) is 4.42. The lowest BCUT2D eigenvalue weighted by molar-refractivity contribution is -0.0102. The van der Waals surface area contributed by atoms with Gasteiger partial charge in [-0.3, -0.25) is 0 Å². The smallest absolute Gasteiger partial charge is 0.0910 e. The summed E-state index contributed by atoms with van der Waals surface area (Å²) in [4.78, 5) is 3.63. The highest BCUT2D eigenvalue weighted by atomic mass is 32.1. The summed E-state index contributed by atoms with van der Waals surface area (Å²) < 4.78 is 6.04. The van der Waals surface area contributed by atoms with Crippen LogP contribution in [0.5, 0.6) is 0 Å². The molecule has 3 rings (SSSR count). The summed E-state index contributed by atoms with van der Waals surface area (Å²) in [5.74, 6) is 0.419. The average molecular weight is 309 g/mol. The lowest BCUT2D eigenvalue weighted by Crippen LogP contribution is -2.29. The number of hydrogen-bond acceptors (Lipinski definition) is 4. The first-order chi connectivity index (χ1) is 10.3. The van der Waals surface area contributed by atoms with E-state index in [9.17, 15) is 5.11 Å². The van der Waals surface area contributed by atoms with E-state index in [4.69, 9.17) is 4.74 Å². The third-order valence-corrected chi connectivity index (χ3v) is 5.90. The van der Waals surface area contributed by atoms with Crippen molar-refractivity contribution in [1.82, 2.24) is 4.90 Å². The van der Waals surface area contributed by atoms with Crippen LogP contribution in [0.3, 0.4) is 0 Å². The molecule has 1 atom stereocenters. The molecule has 0 aromatic carbocycles. The van der Waals surface area contributed by atoms with Crippen molar-refractivity contribution in [2.45, 2.75) is 50.7 Å². The van der Waals surface area contributed by atoms with Crippen molar-refractivity contribution in [3.63, 3.8) is 0 Å². The summed E-state index contributed by atoms with van der Waals surface area (Å²) in [6.07, 6.45) is 7.24. The Morgan fingerprint density at radius 3 is 2.67 bits per heavy atom. The molecule has 0 amide bonds. The van der Waals surface area contributed by atoms with E-state index < -0.39 is 0 Å². The van der Waals surface area contributed by atoms with Gasteiger partial charge in [-0.05, 0) is 69.0 Å². The maximum absolute atomic E-state index is 10.4. The van der Waals surface area contributed by atoms with Gasteiger partial charge in [-0.2, -0.15) is 0 Å². The van der Waals surface area contributed by atoms with Gasteiger partial charge in [-0.25, -0.2) is 0 Å². The highest BCUT2D eigenvalue weighted by Crippen LogP contribution is 2.36. The minimum Gasteiger partial charge on any atom is -0.387 e. The standard InChI is InChI=1S/C17H27NO2S/c19-17(16-4-3-13-21-16)14-5-7-15(8-6-14)20-12-11-18-9-1-2-10-18/h3-4,13-15,17,19H,1-2,5-12H2. The van der Waals surface area contributed by atoms with E-state index in [1.807, 2.05) is 17.5 Å². The molecule has 1 unspecified atom stereocenters. The van der Waals surface area contributed by atoms with Gasteiger partial charge in [-0.1, -0.05) is 6.07 Å². The lowest BCUT2D eigenvalue weighted by Gasteiger charge is -2.31. The highest BCUT2D eigenvalue weighted by Gasteiger charge is 2.28. The van der Waals surface area contributed by atoms with Gasteiger partial charge in [0.1, 0.15) is 0 Å². The van der Waals surface area contributed by atoms with Crippen LogP contribution in [0.2, 0.25) is 0 Å². The van der Waals surface area contributed by atoms with Gasteiger partial charge in [0.25, 0.3) is 0 Å². The number of aliphatic hydroxyl groups excluding tert-OH is 1. The fourth-order valence-electron chi connectivity index (χ4n) is 3.62. The van der Waals surface area contributed by atoms with Crippen molar-refractivity contribution in [1.29, 1.82) is 0 Å². The molecule has 0 spiro atoms. The van der Waals surface area contributed by atoms with Gasteiger partial charge >= 0.3 is 0 Å². The van der Waals surface area contributed by atoms with Crippen molar-refractivity contribution in [2.24, 2.45) is 5.92 Å². The molecule has 1 N–H and O–H groups in total. The van der Waals surface area contributed by atoms with Crippen LogP contribution in [0.25, 0.3) is 0 Å². The molecule has 2 aliphatic rings. The second kappa shape index (κ2) is 7.73. The van der Waals surface area contributed by atoms with Crippen LogP contribution >= 0.6 is 11.3 Å². The van der Waals surface area contributed by atoms with E-state index in [2.05, 4.69) is 4.90 Å². The number of aliphatic hydroxyl groups is 1. The largest absolute Gasteiger partial charge is 0.387 e. The first-order valence-electron chi connectivity index (χ1n) is 8.38. The van der Waals surface area contributed by atoms with Crippen LogP contribution in [0.4, 0.5) is 0 Å². The Bertz CT molecular complexity index is 395. The van der Waals surface area contributed by atoms with E-state index >= 15 is 0 Å². The molecular weight excluding hydrogens is 282 g/mol. The molecule has 0 radical (unpaired) electrons. The number of ether oxygens (including phenoxy) is 1. The maximum atomic E-state index is 10.4. The monoisotopic (exact) mass is 309 g/mol. The molecule has 118 valence electrons. The van der Waals surface area contributed by atoms with Crippen molar-refractivity contribution in [2.75, 3.05) is 26.2 Å². The third-order valence-electron chi connectivity index (χ3n) is 4.96. The summed E-state index contributed by atoms with van der Waals surface area (Å²) >= 11 is 1.67. The molecule has 2 fully saturated rings. The molecule has 0 bridgehead atoms. The van der Waals surface area contributed by atoms with Gasteiger partial charge in [0, 0.05) is 11.4 Å². The molecule has 1 aromatic heterocycles. The Morgan fingerprint density at radius 1 is 1.24 bits per heavy atom. The minimum absolute atomic E-state index is 0.268. The fraction of sp³-hybridized carbons (Fsp3) is 0.765. The van der Waals surface area contributed by atoms with Crippen molar-refractivity contribution in [3.8, 4) is 0 Å². The van der Waals surface area contributed by atoms with E-state index in [1.54, 1.807) is 11.3 Å². The first kappa shape index (κ1) is 15.5. The van der Waals surface area contributed by atoms with Crippen molar-refractivity contribution >= 4 is 11.3 Å². The number of likely N-dealkylation sites (tertiary alicyclic amines) is 1. The zero-order chi connectivity index (χ0) is 14.5. The number of rotatable bonds is 6. The van der Waals surface area contributed by atoms with Gasteiger partial charge in [0.05, 0.1) is 18.8 Å². The van der Waals surface area contributed by atoms with E-state index in [1.165, 1.54) is 25.9 Å². The van der Waals surface area contributed by atoms with Crippen LogP contribution in [0, 0.1) is 5.92 Å². The molecule has 1 aliphatic carbocycles. The normalized spacial score (nSPS) is 28.8. The SMILES string of the molecule is OC(c1cccs1)C1CCC(OCCN2CCCC2)CC1. The summed E-state index contributed by atoms with van der Waals surface area (Å²) in [6, 6.07) is 4.07. The van der Waals surface area contributed by atoms with Gasteiger partial charge in [-0.15, -0.1) is 11.3 Å². The molecule has 2 heterocycles. The first-order valence-corrected chi connectivity index (χ1v) is 9.26. The van der Waals surface area contributed by atoms with Crippen LogP contribution in [0.1, 0.15) is 49.5 Å². The minimum atomic E-state index is -0.268. The summed E-state index contributed by atoms with van der Waals surface area (Å²) in [7, 11) is 0. The zero-order valence-electron chi connectivity index (χ0n) is 12.7. The summed E-state index contributed by atoms with van der Waals surface area (Å²) in [5, 5.41) is 12.5. The van der Waals surface area contributed by atoms with Gasteiger partial charge in [0.15, 0.2) is 0 Å². The molecule has 1 saturated carbocycles. The second-order valence-corrected chi connectivity index (χ2v) is 7.40. The Hall–Kier alpha value is -0.420. The van der Waals surface area contributed by atoms with Crippen LogP contribution in [-0.4, -0.2) is 42.4 Å². The van der Waals surface area contributed by atoms with Crippen LogP contribution in [-0.2, 0) is 4.74 Å². The Kier molecular flexibility index (Phi) is 5.69. The van der Waals surface area contributed by atoms with Gasteiger partial charge < -0.3 is 14.7 Å². The van der Waals surface area contributed by atoms with Crippen molar-refractivity contribution in [3.05, 3.63) is 22.4 Å². The third kappa shape index (κ3) is 4.28. The molecule has 1 aliphatic heterocycles. The topological polar surface area (TPSA) is 32.7 Å². The second-order valence-electron chi connectivity index (χ2n) is 6.42. The number of thiophene rings is 1. The molecule has 1 saturated heterocycles. The zero-order valence-corrected chi connectivity index (χ0v) is 13.6. The van der Waals surface area contributed by atoms with Crippen LogP contribution in [0.15, 0.2) is 17.5 Å². The quantitative estimate of drug-likeness (QED) is 0.873. The average Bonchev–Trinajstić information content (AvgIpc) is 3.21. The Morgan fingerprint density at radius 2 is 2.00 bits per heavy atom. The number of hydrogen-bond donors (Lipinski definition) is 1. The van der Waals surface area contributed by atoms with Crippen molar-refractivity contribution < 1.29 is 9.84 Å². The highest BCUT2D eigenvalue weighted by molar-refractivity contribution is 7.10.